The van der Waals surface area contributed by atoms with Gasteiger partial charge in [0.25, 0.3) is 0 Å². The summed E-state index contributed by atoms with van der Waals surface area (Å²) in [5, 5.41) is 8.93. The lowest BCUT2D eigenvalue weighted by Crippen LogP contribution is -2.55. The summed E-state index contributed by atoms with van der Waals surface area (Å²) in [4.78, 5) is 27.1. The van der Waals surface area contributed by atoms with Crippen molar-refractivity contribution in [1.29, 1.82) is 0 Å². The Morgan fingerprint density at radius 3 is 2.58 bits per heavy atom. The van der Waals surface area contributed by atoms with Gasteiger partial charge in [0, 0.05) is 25.7 Å². The molecule has 0 aromatic heterocycles. The Labute approximate surface area is 114 Å². The van der Waals surface area contributed by atoms with Crippen molar-refractivity contribution in [3.8, 4) is 0 Å². The molecule has 0 aromatic carbocycles. The molecule has 0 aromatic rings. The summed E-state index contributed by atoms with van der Waals surface area (Å²) < 4.78 is 0. The minimum atomic E-state index is -0.736. The Bertz CT molecular complexity index is 353. The number of aliphatic carboxylic acids is 1. The lowest BCUT2D eigenvalue weighted by Gasteiger charge is -2.42. The van der Waals surface area contributed by atoms with E-state index in [-0.39, 0.29) is 17.7 Å². The molecule has 2 aliphatic rings. The fourth-order valence-electron chi connectivity index (χ4n) is 3.01. The zero-order valence-electron chi connectivity index (χ0n) is 11.8. The van der Waals surface area contributed by atoms with Gasteiger partial charge in [-0.2, -0.15) is 0 Å². The third-order valence-electron chi connectivity index (χ3n) is 4.56. The van der Waals surface area contributed by atoms with Gasteiger partial charge >= 0.3 is 5.97 Å². The molecule has 2 unspecified atom stereocenters. The van der Waals surface area contributed by atoms with E-state index in [1.54, 1.807) is 6.92 Å². The number of nitrogens with zero attached hydrogens (tertiary/aromatic N) is 2. The molecule has 2 rings (SSSR count). The highest BCUT2D eigenvalue weighted by Gasteiger charge is 2.36. The minimum Gasteiger partial charge on any atom is -0.481 e. The molecule has 0 spiro atoms. The second-order valence-corrected chi connectivity index (χ2v) is 6.01. The summed E-state index contributed by atoms with van der Waals surface area (Å²) in [5.74, 6) is -0.640. The third-order valence-corrected chi connectivity index (χ3v) is 4.56. The highest BCUT2D eigenvalue weighted by molar-refractivity contribution is 5.79. The number of carbonyl (C=O) groups is 2. The number of carboxylic acids is 1. The van der Waals surface area contributed by atoms with E-state index in [9.17, 15) is 9.59 Å². The van der Waals surface area contributed by atoms with Gasteiger partial charge in [-0.3, -0.25) is 14.5 Å². The van der Waals surface area contributed by atoms with Crippen LogP contribution >= 0.6 is 0 Å². The molecule has 2 aliphatic heterocycles. The first-order chi connectivity index (χ1) is 8.99. The maximum absolute atomic E-state index is 12.2. The van der Waals surface area contributed by atoms with Crippen LogP contribution in [-0.2, 0) is 9.59 Å². The normalized spacial score (nSPS) is 26.8. The lowest BCUT2D eigenvalue weighted by molar-refractivity contribution is -0.146. The molecule has 108 valence electrons. The molecule has 2 fully saturated rings. The first kappa shape index (κ1) is 14.3. The fourth-order valence-corrected chi connectivity index (χ4v) is 3.01. The van der Waals surface area contributed by atoms with Crippen LogP contribution in [0.4, 0.5) is 0 Å². The largest absolute Gasteiger partial charge is 0.481 e. The van der Waals surface area contributed by atoms with Crippen LogP contribution < -0.4 is 0 Å². The van der Waals surface area contributed by atoms with Gasteiger partial charge in [0.2, 0.25) is 5.91 Å². The first-order valence-corrected chi connectivity index (χ1v) is 7.23. The molecule has 2 saturated heterocycles. The Kier molecular flexibility index (Phi) is 4.45. The fraction of sp³-hybridized carbons (Fsp3) is 0.857. The number of rotatable bonds is 4. The predicted octanol–water partition coefficient (Wildman–Crippen LogP) is 1.04. The van der Waals surface area contributed by atoms with Crippen LogP contribution in [0.1, 0.15) is 33.1 Å². The number of hydrogen-bond donors (Lipinski definition) is 1. The van der Waals surface area contributed by atoms with Gasteiger partial charge in [0.05, 0.1) is 12.5 Å². The minimum absolute atomic E-state index is 0.198. The van der Waals surface area contributed by atoms with Gasteiger partial charge in [-0.05, 0) is 32.1 Å². The van der Waals surface area contributed by atoms with Crippen molar-refractivity contribution in [2.75, 3.05) is 26.2 Å². The van der Waals surface area contributed by atoms with Crippen molar-refractivity contribution in [2.24, 2.45) is 11.8 Å². The molecule has 0 aliphatic carbocycles. The van der Waals surface area contributed by atoms with Crippen LogP contribution in [-0.4, -0.2) is 59.0 Å². The Balaban J connectivity index is 1.75. The van der Waals surface area contributed by atoms with E-state index in [1.165, 1.54) is 6.42 Å². The van der Waals surface area contributed by atoms with Crippen LogP contribution in [0.25, 0.3) is 0 Å². The molecular formula is C14H24N2O3. The maximum atomic E-state index is 12.2. The molecule has 5 nitrogen and oxygen atoms in total. The molecule has 1 N–H and O–H groups in total. The van der Waals surface area contributed by atoms with Crippen LogP contribution in [0.5, 0.6) is 0 Å². The smallest absolute Gasteiger partial charge is 0.306 e. The van der Waals surface area contributed by atoms with E-state index in [0.717, 1.165) is 32.5 Å². The molecule has 2 heterocycles. The summed E-state index contributed by atoms with van der Waals surface area (Å²) in [7, 11) is 0. The van der Waals surface area contributed by atoms with Crippen molar-refractivity contribution in [3.63, 3.8) is 0 Å². The number of piperidine rings is 1. The molecule has 5 heteroatoms. The molecule has 0 saturated carbocycles. The van der Waals surface area contributed by atoms with Crippen molar-refractivity contribution >= 4 is 11.9 Å². The quantitative estimate of drug-likeness (QED) is 0.827. The van der Waals surface area contributed by atoms with Gasteiger partial charge in [-0.25, -0.2) is 0 Å². The van der Waals surface area contributed by atoms with E-state index >= 15 is 0 Å². The Morgan fingerprint density at radius 2 is 2.00 bits per heavy atom. The number of hydrogen-bond acceptors (Lipinski definition) is 3. The van der Waals surface area contributed by atoms with Crippen LogP contribution in [0, 0.1) is 11.8 Å². The number of amides is 1. The number of carboxylic acid groups (broad SMARTS) is 1. The number of carbonyl (C=O) groups excluding carboxylic acids is 1. The van der Waals surface area contributed by atoms with Crippen molar-refractivity contribution < 1.29 is 14.7 Å². The highest BCUT2D eigenvalue weighted by Crippen LogP contribution is 2.24. The van der Waals surface area contributed by atoms with E-state index in [2.05, 4.69) is 11.8 Å². The summed E-state index contributed by atoms with van der Waals surface area (Å²) in [6.45, 7) is 6.67. The maximum Gasteiger partial charge on any atom is 0.306 e. The summed E-state index contributed by atoms with van der Waals surface area (Å²) in [5.41, 5.74) is 0. The zero-order chi connectivity index (χ0) is 14.0. The molecule has 2 atom stereocenters. The van der Waals surface area contributed by atoms with Crippen LogP contribution in [0.2, 0.25) is 0 Å². The predicted molar refractivity (Wildman–Crippen MR) is 71.8 cm³/mol. The van der Waals surface area contributed by atoms with Crippen molar-refractivity contribution in [2.45, 2.75) is 39.2 Å². The number of likely N-dealkylation sites (tertiary alicyclic amines) is 2. The molecule has 0 radical (unpaired) electrons. The van der Waals surface area contributed by atoms with E-state index in [1.807, 2.05) is 4.90 Å². The van der Waals surface area contributed by atoms with Gasteiger partial charge in [-0.15, -0.1) is 0 Å². The Hall–Kier alpha value is -1.10. The summed E-state index contributed by atoms with van der Waals surface area (Å²) >= 11 is 0. The van der Waals surface area contributed by atoms with Gasteiger partial charge in [0.1, 0.15) is 0 Å². The standard InChI is InChI=1S/C14H24N2O3/c1-10-5-3-4-6-16(10)13(17)9-15-7-12(8-15)11(2)14(18)19/h10-12H,3-9H2,1-2H3,(H,18,19). The second kappa shape index (κ2) is 5.90. The van der Waals surface area contributed by atoms with Gasteiger partial charge in [-0.1, -0.05) is 6.92 Å². The zero-order valence-corrected chi connectivity index (χ0v) is 11.8. The van der Waals surface area contributed by atoms with Crippen molar-refractivity contribution in [3.05, 3.63) is 0 Å². The molecular weight excluding hydrogens is 244 g/mol. The topological polar surface area (TPSA) is 60.9 Å². The SMILES string of the molecule is CC(C(=O)O)C1CN(CC(=O)N2CCCCC2C)C1. The van der Waals surface area contributed by atoms with E-state index < -0.39 is 5.97 Å². The van der Waals surface area contributed by atoms with Crippen LogP contribution in [0.15, 0.2) is 0 Å². The monoisotopic (exact) mass is 268 g/mol. The van der Waals surface area contributed by atoms with Crippen LogP contribution in [0.3, 0.4) is 0 Å². The second-order valence-electron chi connectivity index (χ2n) is 6.01. The van der Waals surface area contributed by atoms with Crippen molar-refractivity contribution in [1.82, 2.24) is 9.80 Å². The highest BCUT2D eigenvalue weighted by atomic mass is 16.4. The molecule has 1 amide bonds. The molecule has 0 bridgehead atoms. The van der Waals surface area contributed by atoms with E-state index in [0.29, 0.717) is 12.6 Å². The van der Waals surface area contributed by atoms with Gasteiger partial charge in [0.15, 0.2) is 0 Å². The first-order valence-electron chi connectivity index (χ1n) is 7.23. The van der Waals surface area contributed by atoms with Gasteiger partial charge < -0.3 is 10.0 Å². The third kappa shape index (κ3) is 3.26. The average Bonchev–Trinajstić information content (AvgIpc) is 2.32. The lowest BCUT2D eigenvalue weighted by atomic mass is 9.87. The summed E-state index contributed by atoms with van der Waals surface area (Å²) in [6, 6.07) is 0.358. The summed E-state index contributed by atoms with van der Waals surface area (Å²) in [6.07, 6.45) is 3.42. The average molecular weight is 268 g/mol. The Morgan fingerprint density at radius 1 is 1.32 bits per heavy atom. The molecule has 19 heavy (non-hydrogen) atoms. The van der Waals surface area contributed by atoms with E-state index in [4.69, 9.17) is 5.11 Å².